The molecule has 0 radical (unpaired) electrons. The highest BCUT2D eigenvalue weighted by Crippen LogP contribution is 2.22. The van der Waals surface area contributed by atoms with Crippen molar-refractivity contribution >= 4 is 0 Å². The molecular formula is C13H17N3. The third-order valence-corrected chi connectivity index (χ3v) is 3.07. The lowest BCUT2D eigenvalue weighted by Crippen LogP contribution is -2.05. The molecule has 0 fully saturated rings. The van der Waals surface area contributed by atoms with Crippen molar-refractivity contribution in [3.63, 3.8) is 0 Å². The molecule has 0 aliphatic heterocycles. The molecule has 84 valence electrons. The van der Waals surface area contributed by atoms with E-state index in [-0.39, 0.29) is 0 Å². The van der Waals surface area contributed by atoms with Crippen LogP contribution in [0.25, 0.3) is 11.3 Å². The minimum atomic E-state index is 0.474. The Morgan fingerprint density at radius 3 is 2.56 bits per heavy atom. The quantitative estimate of drug-likeness (QED) is 0.834. The fraction of sp³-hybridized carbons (Fsp3) is 0.308. The maximum Gasteiger partial charge on any atom is 0.122 e. The van der Waals surface area contributed by atoms with Crippen molar-refractivity contribution in [3.8, 4) is 11.3 Å². The van der Waals surface area contributed by atoms with Gasteiger partial charge in [0.05, 0.1) is 18.4 Å². The normalized spacial score (nSPS) is 10.8. The molecule has 0 bridgehead atoms. The first-order valence-corrected chi connectivity index (χ1v) is 5.41. The Labute approximate surface area is 95.9 Å². The Bertz CT molecular complexity index is 512. The molecule has 1 heterocycles. The van der Waals surface area contributed by atoms with Crippen LogP contribution in [0.2, 0.25) is 0 Å². The highest BCUT2D eigenvalue weighted by Gasteiger charge is 2.07. The van der Waals surface area contributed by atoms with Gasteiger partial charge in [-0.2, -0.15) is 0 Å². The van der Waals surface area contributed by atoms with Crippen molar-refractivity contribution in [3.05, 3.63) is 41.3 Å². The predicted molar refractivity (Wildman–Crippen MR) is 66.0 cm³/mol. The Kier molecular flexibility index (Phi) is 2.79. The molecule has 2 N–H and O–H groups in total. The van der Waals surface area contributed by atoms with Crippen LogP contribution >= 0.6 is 0 Å². The van der Waals surface area contributed by atoms with Crippen LogP contribution in [-0.4, -0.2) is 9.55 Å². The van der Waals surface area contributed by atoms with Crippen molar-refractivity contribution in [1.29, 1.82) is 0 Å². The molecule has 0 saturated heterocycles. The molecule has 2 rings (SSSR count). The number of hydrogen-bond acceptors (Lipinski definition) is 2. The van der Waals surface area contributed by atoms with Gasteiger partial charge in [-0.3, -0.25) is 0 Å². The van der Waals surface area contributed by atoms with E-state index in [4.69, 9.17) is 5.73 Å². The number of nitrogens with zero attached hydrogens (tertiary/aromatic N) is 2. The Morgan fingerprint density at radius 2 is 2.00 bits per heavy atom. The van der Waals surface area contributed by atoms with Crippen LogP contribution in [0.4, 0.5) is 0 Å². The van der Waals surface area contributed by atoms with Crippen molar-refractivity contribution < 1.29 is 0 Å². The summed E-state index contributed by atoms with van der Waals surface area (Å²) in [6.07, 6.45) is 1.88. The largest absolute Gasteiger partial charge is 0.330 e. The monoisotopic (exact) mass is 215 g/mol. The van der Waals surface area contributed by atoms with Gasteiger partial charge >= 0.3 is 0 Å². The molecule has 0 atom stereocenters. The van der Waals surface area contributed by atoms with E-state index in [0.717, 1.165) is 11.5 Å². The van der Waals surface area contributed by atoms with E-state index < -0.39 is 0 Å². The molecule has 0 unspecified atom stereocenters. The van der Waals surface area contributed by atoms with Crippen molar-refractivity contribution in [2.75, 3.05) is 0 Å². The fourth-order valence-corrected chi connectivity index (χ4v) is 1.81. The maximum absolute atomic E-state index is 5.61. The van der Waals surface area contributed by atoms with Gasteiger partial charge in [-0.05, 0) is 31.0 Å². The molecule has 3 heteroatoms. The molecular weight excluding hydrogens is 198 g/mol. The number of benzene rings is 1. The second kappa shape index (κ2) is 4.10. The number of imidazole rings is 1. The van der Waals surface area contributed by atoms with Crippen LogP contribution in [0.5, 0.6) is 0 Å². The summed E-state index contributed by atoms with van der Waals surface area (Å²) in [6.45, 7) is 4.72. The van der Waals surface area contributed by atoms with Crippen LogP contribution in [0.3, 0.4) is 0 Å². The van der Waals surface area contributed by atoms with Crippen LogP contribution < -0.4 is 5.73 Å². The minimum Gasteiger partial charge on any atom is -0.330 e. The van der Waals surface area contributed by atoms with Crippen molar-refractivity contribution in [2.45, 2.75) is 20.4 Å². The first-order chi connectivity index (χ1) is 7.63. The van der Waals surface area contributed by atoms with Gasteiger partial charge in [-0.15, -0.1) is 0 Å². The van der Waals surface area contributed by atoms with E-state index in [1.165, 1.54) is 16.7 Å². The van der Waals surface area contributed by atoms with Gasteiger partial charge in [-0.25, -0.2) is 4.98 Å². The van der Waals surface area contributed by atoms with Gasteiger partial charge < -0.3 is 10.3 Å². The Balaban J connectivity index is 2.50. The van der Waals surface area contributed by atoms with Gasteiger partial charge in [0.25, 0.3) is 0 Å². The smallest absolute Gasteiger partial charge is 0.122 e. The summed E-state index contributed by atoms with van der Waals surface area (Å²) >= 11 is 0. The van der Waals surface area contributed by atoms with Gasteiger partial charge in [0.2, 0.25) is 0 Å². The van der Waals surface area contributed by atoms with Crippen molar-refractivity contribution in [2.24, 2.45) is 12.8 Å². The highest BCUT2D eigenvalue weighted by molar-refractivity contribution is 5.61. The number of nitrogens with two attached hydrogens (primary N) is 1. The second-order valence-electron chi connectivity index (χ2n) is 4.12. The van der Waals surface area contributed by atoms with E-state index in [9.17, 15) is 0 Å². The molecule has 16 heavy (non-hydrogen) atoms. The zero-order valence-electron chi connectivity index (χ0n) is 9.99. The molecule has 0 saturated carbocycles. The molecule has 0 aliphatic rings. The minimum absolute atomic E-state index is 0.474. The van der Waals surface area contributed by atoms with E-state index in [1.807, 2.05) is 17.8 Å². The molecule has 1 aromatic heterocycles. The summed E-state index contributed by atoms with van der Waals surface area (Å²) in [5.74, 6) is 0.910. The summed E-state index contributed by atoms with van der Waals surface area (Å²) in [5, 5.41) is 0. The average Bonchev–Trinajstić information content (AvgIpc) is 2.64. The SMILES string of the molecule is Cc1ccc(-c2cnc(CN)n2C)cc1C. The third kappa shape index (κ3) is 1.74. The zero-order chi connectivity index (χ0) is 11.7. The lowest BCUT2D eigenvalue weighted by atomic mass is 10.0. The predicted octanol–water partition coefficient (Wildman–Crippen LogP) is 2.16. The highest BCUT2D eigenvalue weighted by atomic mass is 15.1. The maximum atomic E-state index is 5.61. The molecule has 0 aliphatic carbocycles. The standard InChI is InChI=1S/C13H17N3/c1-9-4-5-11(6-10(9)2)12-8-15-13(7-14)16(12)3/h4-6,8H,7,14H2,1-3H3. The lowest BCUT2D eigenvalue weighted by Gasteiger charge is -2.07. The van der Waals surface area contributed by atoms with Crippen LogP contribution in [0.1, 0.15) is 17.0 Å². The summed E-state index contributed by atoms with van der Waals surface area (Å²) in [4.78, 5) is 4.30. The lowest BCUT2D eigenvalue weighted by molar-refractivity contribution is 0.799. The van der Waals surface area contributed by atoms with Gasteiger partial charge in [0, 0.05) is 12.6 Å². The first-order valence-electron chi connectivity index (χ1n) is 5.41. The van der Waals surface area contributed by atoms with Gasteiger partial charge in [0.15, 0.2) is 0 Å². The number of aromatic nitrogens is 2. The first kappa shape index (κ1) is 10.9. The molecule has 0 amide bonds. The number of hydrogen-bond donors (Lipinski definition) is 1. The van der Waals surface area contributed by atoms with Crippen LogP contribution in [-0.2, 0) is 13.6 Å². The van der Waals surface area contributed by atoms with E-state index in [1.54, 1.807) is 0 Å². The number of aryl methyl sites for hydroxylation is 2. The third-order valence-electron chi connectivity index (χ3n) is 3.07. The summed E-state index contributed by atoms with van der Waals surface area (Å²) in [7, 11) is 2.00. The Morgan fingerprint density at radius 1 is 1.25 bits per heavy atom. The average molecular weight is 215 g/mol. The second-order valence-corrected chi connectivity index (χ2v) is 4.12. The summed E-state index contributed by atoms with van der Waals surface area (Å²) in [6, 6.07) is 6.45. The van der Waals surface area contributed by atoms with E-state index in [0.29, 0.717) is 6.54 Å². The molecule has 3 nitrogen and oxygen atoms in total. The van der Waals surface area contributed by atoms with Gasteiger partial charge in [-0.1, -0.05) is 12.1 Å². The molecule has 1 aromatic carbocycles. The summed E-state index contributed by atoms with van der Waals surface area (Å²) < 4.78 is 2.05. The van der Waals surface area contributed by atoms with Crippen LogP contribution in [0.15, 0.2) is 24.4 Å². The van der Waals surface area contributed by atoms with Crippen molar-refractivity contribution in [1.82, 2.24) is 9.55 Å². The zero-order valence-corrected chi connectivity index (χ0v) is 9.99. The molecule has 0 spiro atoms. The van der Waals surface area contributed by atoms with E-state index in [2.05, 4.69) is 37.0 Å². The van der Waals surface area contributed by atoms with Gasteiger partial charge in [0.1, 0.15) is 5.82 Å². The topological polar surface area (TPSA) is 43.8 Å². The fourth-order valence-electron chi connectivity index (χ4n) is 1.81. The van der Waals surface area contributed by atoms with E-state index >= 15 is 0 Å². The number of rotatable bonds is 2. The summed E-state index contributed by atoms with van der Waals surface area (Å²) in [5.41, 5.74) is 10.5. The molecule has 2 aromatic rings. The van der Waals surface area contributed by atoms with Crippen LogP contribution in [0, 0.1) is 13.8 Å². The Hall–Kier alpha value is -1.61.